The molecule has 0 saturated heterocycles. The molecule has 4 rings (SSSR count). The molecule has 2 bridgehead atoms. The minimum absolute atomic E-state index is 0.559. The number of nitrogens with one attached hydrogen (secondary N) is 1. The largest absolute Gasteiger partial charge is 0.312 e. The summed E-state index contributed by atoms with van der Waals surface area (Å²) >= 11 is 0. The molecule has 3 N–H and O–H groups in total. The maximum Gasteiger partial charge on any atom is 0.114 e. The second kappa shape index (κ2) is 4.22. The highest BCUT2D eigenvalue weighted by atomic mass is 15.3. The minimum Gasteiger partial charge on any atom is -0.312 e. The van der Waals surface area contributed by atoms with Gasteiger partial charge in [-0.25, -0.2) is 5.84 Å². The third kappa shape index (κ3) is 1.63. The summed E-state index contributed by atoms with van der Waals surface area (Å²) in [7, 11) is 0. The predicted molar refractivity (Wildman–Crippen MR) is 72.9 cm³/mol. The van der Waals surface area contributed by atoms with E-state index in [4.69, 9.17) is 10.8 Å². The van der Waals surface area contributed by atoms with Gasteiger partial charge in [0.25, 0.3) is 0 Å². The normalized spacial score (nSPS) is 47.2. The lowest BCUT2D eigenvalue weighted by atomic mass is 9.95. The van der Waals surface area contributed by atoms with Crippen LogP contribution in [0.15, 0.2) is 4.99 Å². The van der Waals surface area contributed by atoms with Crippen LogP contribution in [0.25, 0.3) is 0 Å². The van der Waals surface area contributed by atoms with Crippen molar-refractivity contribution in [2.75, 3.05) is 0 Å². The van der Waals surface area contributed by atoms with Crippen LogP contribution in [-0.2, 0) is 0 Å². The lowest BCUT2D eigenvalue weighted by Gasteiger charge is -2.20. The van der Waals surface area contributed by atoms with Crippen molar-refractivity contribution in [1.29, 1.82) is 0 Å². The predicted octanol–water partition coefficient (Wildman–Crippen LogP) is 2.47. The molecular weight excluding hydrogens is 222 g/mol. The number of hydrogen-bond acceptors (Lipinski definition) is 2. The van der Waals surface area contributed by atoms with Gasteiger partial charge in [-0.1, -0.05) is 19.3 Å². The number of nitrogens with two attached hydrogens (primary N) is 1. The van der Waals surface area contributed by atoms with Gasteiger partial charge in [0.05, 0.1) is 6.04 Å². The molecule has 4 atom stereocenters. The van der Waals surface area contributed by atoms with Gasteiger partial charge in [-0.2, -0.15) is 0 Å². The summed E-state index contributed by atoms with van der Waals surface area (Å²) in [6.07, 6.45) is 11.1. The van der Waals surface area contributed by atoms with Crippen molar-refractivity contribution in [2.24, 2.45) is 40.4 Å². The van der Waals surface area contributed by atoms with Gasteiger partial charge in [0.2, 0.25) is 0 Å². The molecule has 0 radical (unpaired) electrons. The Morgan fingerprint density at radius 3 is 2.22 bits per heavy atom. The van der Waals surface area contributed by atoms with Gasteiger partial charge in [-0.05, 0) is 55.8 Å². The van der Waals surface area contributed by atoms with Crippen LogP contribution in [0.4, 0.5) is 0 Å². The molecule has 0 aliphatic heterocycles. The van der Waals surface area contributed by atoms with E-state index in [0.717, 1.165) is 29.5 Å². The molecule has 0 aromatic rings. The molecule has 4 aliphatic carbocycles. The van der Waals surface area contributed by atoms with Gasteiger partial charge in [-0.3, -0.25) is 4.99 Å². The number of aliphatic imine (C=N–C) groups is 1. The molecule has 100 valence electrons. The van der Waals surface area contributed by atoms with Gasteiger partial charge in [-0.15, -0.1) is 0 Å². The van der Waals surface area contributed by atoms with E-state index in [2.05, 4.69) is 5.43 Å². The molecule has 4 saturated carbocycles. The van der Waals surface area contributed by atoms with Crippen LogP contribution < -0.4 is 11.3 Å². The summed E-state index contributed by atoms with van der Waals surface area (Å²) in [5.74, 6) is 11.5. The summed E-state index contributed by atoms with van der Waals surface area (Å²) < 4.78 is 0. The maximum absolute atomic E-state index is 5.76. The number of rotatable bonds is 2. The first-order valence-corrected chi connectivity index (χ1v) is 7.93. The summed E-state index contributed by atoms with van der Waals surface area (Å²) in [4.78, 5) is 4.98. The van der Waals surface area contributed by atoms with E-state index in [-0.39, 0.29) is 0 Å². The average molecular weight is 247 g/mol. The van der Waals surface area contributed by atoms with Crippen molar-refractivity contribution >= 4 is 5.84 Å². The summed E-state index contributed by atoms with van der Waals surface area (Å²) in [6, 6.07) is 0.559. The molecule has 3 nitrogen and oxygen atoms in total. The Kier molecular flexibility index (Phi) is 2.65. The van der Waals surface area contributed by atoms with Crippen LogP contribution in [0.5, 0.6) is 0 Å². The van der Waals surface area contributed by atoms with Gasteiger partial charge in [0.1, 0.15) is 5.84 Å². The Hall–Kier alpha value is -0.570. The second-order valence-corrected chi connectivity index (χ2v) is 6.96. The average Bonchev–Trinajstić information content (AvgIpc) is 2.84. The number of hydrazine groups is 1. The van der Waals surface area contributed by atoms with Crippen molar-refractivity contribution in [3.05, 3.63) is 0 Å². The quantitative estimate of drug-likeness (QED) is 0.341. The van der Waals surface area contributed by atoms with Crippen LogP contribution in [0, 0.1) is 29.6 Å². The van der Waals surface area contributed by atoms with Crippen LogP contribution in [0.1, 0.15) is 51.4 Å². The summed E-state index contributed by atoms with van der Waals surface area (Å²) in [6.45, 7) is 0. The lowest BCUT2D eigenvalue weighted by Crippen LogP contribution is -2.35. The van der Waals surface area contributed by atoms with E-state index in [0.29, 0.717) is 12.0 Å². The Morgan fingerprint density at radius 2 is 1.61 bits per heavy atom. The van der Waals surface area contributed by atoms with Crippen LogP contribution in [-0.4, -0.2) is 11.9 Å². The molecule has 4 fully saturated rings. The van der Waals surface area contributed by atoms with E-state index in [1.165, 1.54) is 51.4 Å². The first kappa shape index (κ1) is 11.3. The molecule has 4 unspecified atom stereocenters. The fourth-order valence-electron chi connectivity index (χ4n) is 5.32. The fraction of sp³-hybridized carbons (Fsp3) is 0.933. The molecule has 0 amide bonds. The molecule has 0 aromatic heterocycles. The van der Waals surface area contributed by atoms with Crippen molar-refractivity contribution < 1.29 is 0 Å². The van der Waals surface area contributed by atoms with Crippen molar-refractivity contribution in [2.45, 2.75) is 57.4 Å². The third-order valence-corrected chi connectivity index (χ3v) is 6.10. The van der Waals surface area contributed by atoms with Gasteiger partial charge < -0.3 is 5.43 Å². The molecular formula is C15H25N3. The van der Waals surface area contributed by atoms with Crippen molar-refractivity contribution in [3.8, 4) is 0 Å². The van der Waals surface area contributed by atoms with Gasteiger partial charge in [0.15, 0.2) is 0 Å². The smallest absolute Gasteiger partial charge is 0.114 e. The molecule has 3 heteroatoms. The molecule has 0 aromatic carbocycles. The zero-order valence-electron chi connectivity index (χ0n) is 11.1. The Morgan fingerprint density at radius 1 is 0.944 bits per heavy atom. The standard InChI is InChI=1S/C15H25N3/c16-18-15(17-11-4-2-1-3-5-11)14-12-9-6-7-10(8-9)13(12)14/h9-14H,1-8,16H2,(H,17,18). The van der Waals surface area contributed by atoms with E-state index in [9.17, 15) is 0 Å². The van der Waals surface area contributed by atoms with Crippen molar-refractivity contribution in [1.82, 2.24) is 5.43 Å². The molecule has 0 spiro atoms. The Balaban J connectivity index is 1.47. The third-order valence-electron chi connectivity index (χ3n) is 6.10. The maximum atomic E-state index is 5.76. The number of amidine groups is 1. The fourth-order valence-corrected chi connectivity index (χ4v) is 5.32. The zero-order valence-corrected chi connectivity index (χ0v) is 11.1. The van der Waals surface area contributed by atoms with E-state index in [1.807, 2.05) is 0 Å². The Labute approximate surface area is 110 Å². The van der Waals surface area contributed by atoms with E-state index >= 15 is 0 Å². The molecule has 4 aliphatic rings. The summed E-state index contributed by atoms with van der Waals surface area (Å²) in [5, 5.41) is 0. The van der Waals surface area contributed by atoms with Crippen LogP contribution >= 0.6 is 0 Å². The lowest BCUT2D eigenvalue weighted by molar-refractivity contribution is 0.438. The number of fused-ring (bicyclic) bond motifs is 5. The van der Waals surface area contributed by atoms with Gasteiger partial charge >= 0.3 is 0 Å². The number of hydrogen-bond donors (Lipinski definition) is 2. The van der Waals surface area contributed by atoms with E-state index in [1.54, 1.807) is 0 Å². The molecule has 18 heavy (non-hydrogen) atoms. The first-order valence-electron chi connectivity index (χ1n) is 7.93. The van der Waals surface area contributed by atoms with Crippen LogP contribution in [0.2, 0.25) is 0 Å². The number of nitrogens with zero attached hydrogens (tertiary/aromatic N) is 1. The Bertz CT molecular complexity index is 343. The SMILES string of the molecule is NNC(=NC1CCCCC1)C1C2C3CCC(C3)C12. The highest BCUT2D eigenvalue weighted by Gasteiger charge is 2.66. The van der Waals surface area contributed by atoms with Crippen molar-refractivity contribution in [3.63, 3.8) is 0 Å². The zero-order chi connectivity index (χ0) is 12.1. The second-order valence-electron chi connectivity index (χ2n) is 6.96. The van der Waals surface area contributed by atoms with Crippen LogP contribution in [0.3, 0.4) is 0 Å². The highest BCUT2D eigenvalue weighted by Crippen LogP contribution is 2.69. The van der Waals surface area contributed by atoms with Gasteiger partial charge in [0, 0.05) is 5.92 Å². The van der Waals surface area contributed by atoms with E-state index < -0.39 is 0 Å². The monoisotopic (exact) mass is 247 g/mol. The highest BCUT2D eigenvalue weighted by molar-refractivity contribution is 5.87. The topological polar surface area (TPSA) is 50.4 Å². The summed E-state index contributed by atoms with van der Waals surface area (Å²) in [5.41, 5.74) is 2.96. The molecule has 0 heterocycles. The minimum atomic E-state index is 0.559. The first-order chi connectivity index (χ1) is 8.88.